The zero-order valence-electron chi connectivity index (χ0n) is 12.1. The Morgan fingerprint density at radius 1 is 1.48 bits per heavy atom. The number of aliphatic hydroxyl groups is 1. The van der Waals surface area contributed by atoms with E-state index in [0.29, 0.717) is 19.7 Å². The lowest BCUT2D eigenvalue weighted by Gasteiger charge is -2.34. The van der Waals surface area contributed by atoms with Crippen LogP contribution in [0, 0.1) is 5.92 Å². The Balaban J connectivity index is 0.00000220. The molecule has 3 unspecified atom stereocenters. The Kier molecular flexibility index (Phi) is 7.11. The van der Waals surface area contributed by atoms with Gasteiger partial charge in [-0.25, -0.2) is 0 Å². The minimum atomic E-state index is -0.320. The molecule has 3 atom stereocenters. The van der Waals surface area contributed by atoms with Gasteiger partial charge in [0.25, 0.3) is 0 Å². The van der Waals surface area contributed by atoms with Gasteiger partial charge in [-0.2, -0.15) is 0 Å². The number of halogens is 1. The number of ether oxygens (including phenoxy) is 1. The van der Waals surface area contributed by atoms with Crippen molar-refractivity contribution in [2.75, 3.05) is 26.3 Å². The van der Waals surface area contributed by atoms with Gasteiger partial charge in [-0.3, -0.25) is 4.79 Å². The van der Waals surface area contributed by atoms with Crippen molar-refractivity contribution in [3.8, 4) is 0 Å². The fourth-order valence-corrected chi connectivity index (χ4v) is 2.44. The van der Waals surface area contributed by atoms with E-state index < -0.39 is 0 Å². The molecular weight excluding hydrogens is 292 g/mol. The van der Waals surface area contributed by atoms with E-state index in [0.717, 1.165) is 5.56 Å². The molecule has 1 aliphatic rings. The summed E-state index contributed by atoms with van der Waals surface area (Å²) in [4.78, 5) is 14.2. The van der Waals surface area contributed by atoms with Crippen LogP contribution >= 0.6 is 12.4 Å². The van der Waals surface area contributed by atoms with Crippen LogP contribution in [0.2, 0.25) is 0 Å². The minimum Gasteiger partial charge on any atom is -0.394 e. The molecule has 21 heavy (non-hydrogen) atoms. The molecule has 0 radical (unpaired) electrons. The third kappa shape index (κ3) is 4.41. The van der Waals surface area contributed by atoms with Gasteiger partial charge in [-0.15, -0.1) is 12.4 Å². The summed E-state index contributed by atoms with van der Waals surface area (Å²) in [5.41, 5.74) is 7.14. The summed E-state index contributed by atoms with van der Waals surface area (Å²) in [6, 6.07) is 9.32. The molecular formula is C15H23ClN2O3. The lowest BCUT2D eigenvalue weighted by atomic mass is 9.94. The third-order valence-electron chi connectivity index (χ3n) is 3.77. The Bertz CT molecular complexity index is 444. The van der Waals surface area contributed by atoms with Crippen molar-refractivity contribution in [2.24, 2.45) is 11.7 Å². The highest BCUT2D eigenvalue weighted by atomic mass is 35.5. The number of aliphatic hydroxyl groups excluding tert-OH is 1. The van der Waals surface area contributed by atoms with Crippen LogP contribution < -0.4 is 5.73 Å². The van der Waals surface area contributed by atoms with E-state index >= 15 is 0 Å². The fraction of sp³-hybridized carbons (Fsp3) is 0.533. The summed E-state index contributed by atoms with van der Waals surface area (Å²) in [6.07, 6.45) is -0.284. The summed E-state index contributed by atoms with van der Waals surface area (Å²) in [6.45, 7) is 3.24. The number of hydrogen-bond donors (Lipinski definition) is 2. The second-order valence-corrected chi connectivity index (χ2v) is 5.18. The predicted octanol–water partition coefficient (Wildman–Crippen LogP) is 0.964. The molecule has 0 saturated carbocycles. The number of benzene rings is 1. The zero-order valence-corrected chi connectivity index (χ0v) is 13.0. The van der Waals surface area contributed by atoms with E-state index in [2.05, 4.69) is 0 Å². The van der Waals surface area contributed by atoms with Crippen LogP contribution in [0.3, 0.4) is 0 Å². The standard InChI is InChI=1S/C15H22N2O3.ClH/c1-11(14(16)12-5-3-2-4-6-12)15(19)17-7-8-20-13(9-17)10-18;/h2-6,11,13-14,18H,7-10,16H2,1H3;1H. The maximum atomic E-state index is 12.5. The maximum Gasteiger partial charge on any atom is 0.227 e. The molecule has 118 valence electrons. The number of amides is 1. The monoisotopic (exact) mass is 314 g/mol. The van der Waals surface area contributed by atoms with Crippen LogP contribution in [0.4, 0.5) is 0 Å². The smallest absolute Gasteiger partial charge is 0.227 e. The Morgan fingerprint density at radius 3 is 2.76 bits per heavy atom. The first-order valence-corrected chi connectivity index (χ1v) is 6.95. The molecule has 2 rings (SSSR count). The normalized spacial score (nSPS) is 21.3. The van der Waals surface area contributed by atoms with Gasteiger partial charge in [-0.05, 0) is 5.56 Å². The van der Waals surface area contributed by atoms with Crippen molar-refractivity contribution in [2.45, 2.75) is 19.1 Å². The number of carbonyl (C=O) groups excluding carboxylic acids is 1. The molecule has 5 nitrogen and oxygen atoms in total. The van der Waals surface area contributed by atoms with Gasteiger partial charge in [0, 0.05) is 19.1 Å². The highest BCUT2D eigenvalue weighted by Crippen LogP contribution is 2.22. The van der Waals surface area contributed by atoms with Crippen molar-refractivity contribution >= 4 is 18.3 Å². The summed E-state index contributed by atoms with van der Waals surface area (Å²) in [5, 5.41) is 9.13. The topological polar surface area (TPSA) is 75.8 Å². The van der Waals surface area contributed by atoms with Gasteiger partial charge in [0.15, 0.2) is 0 Å². The van der Waals surface area contributed by atoms with Crippen LogP contribution in [0.25, 0.3) is 0 Å². The van der Waals surface area contributed by atoms with Crippen LogP contribution in [0.5, 0.6) is 0 Å². The molecule has 1 aliphatic heterocycles. The van der Waals surface area contributed by atoms with Crippen molar-refractivity contribution in [1.29, 1.82) is 0 Å². The Morgan fingerprint density at radius 2 is 2.14 bits per heavy atom. The first kappa shape index (κ1) is 17.9. The molecule has 1 saturated heterocycles. The predicted molar refractivity (Wildman–Crippen MR) is 83.2 cm³/mol. The summed E-state index contributed by atoms with van der Waals surface area (Å²) in [7, 11) is 0. The number of hydrogen-bond acceptors (Lipinski definition) is 4. The van der Waals surface area contributed by atoms with Crippen molar-refractivity contribution in [3.63, 3.8) is 0 Å². The Labute approximate surface area is 131 Å². The second-order valence-electron chi connectivity index (χ2n) is 5.18. The molecule has 6 heteroatoms. The lowest BCUT2D eigenvalue weighted by molar-refractivity contribution is -0.144. The third-order valence-corrected chi connectivity index (χ3v) is 3.77. The number of rotatable bonds is 4. The van der Waals surface area contributed by atoms with Gasteiger partial charge in [0.2, 0.25) is 5.91 Å². The number of nitrogens with two attached hydrogens (primary N) is 1. The van der Waals surface area contributed by atoms with Gasteiger partial charge in [0.1, 0.15) is 0 Å². The van der Waals surface area contributed by atoms with Crippen molar-refractivity contribution in [1.82, 2.24) is 4.90 Å². The Hall–Kier alpha value is -1.14. The highest BCUT2D eigenvalue weighted by Gasteiger charge is 2.30. The van der Waals surface area contributed by atoms with E-state index in [-0.39, 0.29) is 43.0 Å². The van der Waals surface area contributed by atoms with Gasteiger partial charge in [0.05, 0.1) is 25.2 Å². The number of morpholine rings is 1. The molecule has 0 aliphatic carbocycles. The second kappa shape index (κ2) is 8.34. The molecule has 3 N–H and O–H groups in total. The van der Waals surface area contributed by atoms with Crippen LogP contribution in [-0.2, 0) is 9.53 Å². The van der Waals surface area contributed by atoms with Crippen molar-refractivity contribution in [3.05, 3.63) is 35.9 Å². The molecule has 0 bridgehead atoms. The number of nitrogens with zero attached hydrogens (tertiary/aromatic N) is 1. The van der Waals surface area contributed by atoms with E-state index in [1.807, 2.05) is 37.3 Å². The molecule has 1 aromatic rings. The van der Waals surface area contributed by atoms with E-state index in [4.69, 9.17) is 15.6 Å². The van der Waals surface area contributed by atoms with Crippen LogP contribution in [0.1, 0.15) is 18.5 Å². The van der Waals surface area contributed by atoms with Gasteiger partial charge in [-0.1, -0.05) is 37.3 Å². The highest BCUT2D eigenvalue weighted by molar-refractivity contribution is 5.85. The summed E-state index contributed by atoms with van der Waals surface area (Å²) >= 11 is 0. The van der Waals surface area contributed by atoms with Crippen LogP contribution in [0.15, 0.2) is 30.3 Å². The minimum absolute atomic E-state index is 0. The number of carbonyl (C=O) groups is 1. The van der Waals surface area contributed by atoms with E-state index in [1.54, 1.807) is 4.90 Å². The quantitative estimate of drug-likeness (QED) is 0.868. The van der Waals surface area contributed by atoms with Crippen molar-refractivity contribution < 1.29 is 14.6 Å². The zero-order chi connectivity index (χ0) is 14.5. The molecule has 1 amide bonds. The van der Waals surface area contributed by atoms with Gasteiger partial charge < -0.3 is 20.5 Å². The molecule has 1 heterocycles. The molecule has 0 aromatic heterocycles. The largest absolute Gasteiger partial charge is 0.394 e. The first-order valence-electron chi connectivity index (χ1n) is 6.95. The first-order chi connectivity index (χ1) is 9.63. The molecule has 1 aromatic carbocycles. The fourth-order valence-electron chi connectivity index (χ4n) is 2.44. The lowest BCUT2D eigenvalue weighted by Crippen LogP contribution is -2.49. The average Bonchev–Trinajstić information content (AvgIpc) is 2.53. The van der Waals surface area contributed by atoms with Gasteiger partial charge >= 0.3 is 0 Å². The average molecular weight is 315 g/mol. The SMILES string of the molecule is CC(C(=O)N1CCOC(CO)C1)C(N)c1ccccc1.Cl. The summed E-state index contributed by atoms with van der Waals surface area (Å²) in [5.74, 6) is -0.280. The van der Waals surface area contributed by atoms with E-state index in [9.17, 15) is 4.79 Å². The molecule has 0 spiro atoms. The summed E-state index contributed by atoms with van der Waals surface area (Å²) < 4.78 is 5.36. The molecule has 1 fully saturated rings. The maximum absolute atomic E-state index is 12.5. The van der Waals surface area contributed by atoms with Crippen LogP contribution in [-0.4, -0.2) is 48.3 Å². The van der Waals surface area contributed by atoms with E-state index in [1.165, 1.54) is 0 Å².